The van der Waals surface area contributed by atoms with E-state index >= 15 is 0 Å². The molecule has 6 nitrogen and oxygen atoms in total. The SMILES string of the molecule is COc1ccc(NC(=O)C2CSCN2C(=O)c2csc(-c3ccc(C)cc3)n2)cc1. The van der Waals surface area contributed by atoms with Crippen molar-refractivity contribution in [2.75, 3.05) is 24.1 Å². The number of hydrogen-bond acceptors (Lipinski definition) is 6. The number of nitrogens with one attached hydrogen (secondary N) is 1. The van der Waals surface area contributed by atoms with Crippen molar-refractivity contribution in [2.45, 2.75) is 13.0 Å². The van der Waals surface area contributed by atoms with Gasteiger partial charge in [-0.25, -0.2) is 4.98 Å². The number of methoxy groups -OCH3 is 1. The zero-order valence-corrected chi connectivity index (χ0v) is 18.3. The molecule has 154 valence electrons. The Kier molecular flexibility index (Phi) is 6.06. The van der Waals surface area contributed by atoms with Crippen molar-refractivity contribution in [3.63, 3.8) is 0 Å². The lowest BCUT2D eigenvalue weighted by Crippen LogP contribution is -2.44. The van der Waals surface area contributed by atoms with Gasteiger partial charge in [-0.05, 0) is 31.2 Å². The van der Waals surface area contributed by atoms with Gasteiger partial charge < -0.3 is 15.0 Å². The van der Waals surface area contributed by atoms with Crippen LogP contribution in [0.2, 0.25) is 0 Å². The molecule has 2 aromatic carbocycles. The van der Waals surface area contributed by atoms with Crippen LogP contribution in [0.3, 0.4) is 0 Å². The molecular weight excluding hydrogens is 418 g/mol. The summed E-state index contributed by atoms with van der Waals surface area (Å²) in [5, 5.41) is 5.45. The van der Waals surface area contributed by atoms with Crippen molar-refractivity contribution >= 4 is 40.6 Å². The van der Waals surface area contributed by atoms with Crippen molar-refractivity contribution in [1.82, 2.24) is 9.88 Å². The Morgan fingerprint density at radius 1 is 1.13 bits per heavy atom. The summed E-state index contributed by atoms with van der Waals surface area (Å²) in [5.41, 5.74) is 3.20. The summed E-state index contributed by atoms with van der Waals surface area (Å²) >= 11 is 3.00. The number of nitrogens with zero attached hydrogens (tertiary/aromatic N) is 2. The van der Waals surface area contributed by atoms with Crippen molar-refractivity contribution in [2.24, 2.45) is 0 Å². The van der Waals surface area contributed by atoms with Crippen LogP contribution in [0.1, 0.15) is 16.1 Å². The monoisotopic (exact) mass is 439 g/mol. The number of aryl methyl sites for hydroxylation is 1. The van der Waals surface area contributed by atoms with Crippen LogP contribution in [0, 0.1) is 6.92 Å². The van der Waals surface area contributed by atoms with Gasteiger partial charge in [0.1, 0.15) is 22.5 Å². The number of aromatic nitrogens is 1. The smallest absolute Gasteiger partial charge is 0.274 e. The molecule has 1 saturated heterocycles. The van der Waals surface area contributed by atoms with Crippen LogP contribution >= 0.6 is 23.1 Å². The lowest BCUT2D eigenvalue weighted by molar-refractivity contribution is -0.119. The summed E-state index contributed by atoms with van der Waals surface area (Å²) in [5.74, 6) is 1.32. The van der Waals surface area contributed by atoms with Crippen molar-refractivity contribution < 1.29 is 14.3 Å². The van der Waals surface area contributed by atoms with E-state index in [1.54, 1.807) is 53.4 Å². The van der Waals surface area contributed by atoms with E-state index in [9.17, 15) is 9.59 Å². The van der Waals surface area contributed by atoms with Gasteiger partial charge in [-0.1, -0.05) is 29.8 Å². The third kappa shape index (κ3) is 4.34. The molecule has 0 radical (unpaired) electrons. The van der Waals surface area contributed by atoms with E-state index in [0.717, 1.165) is 10.6 Å². The fraction of sp³-hybridized carbons (Fsp3) is 0.227. The molecule has 1 atom stereocenters. The Morgan fingerprint density at radius 2 is 1.87 bits per heavy atom. The Labute approximate surface area is 183 Å². The molecule has 8 heteroatoms. The van der Waals surface area contributed by atoms with Crippen molar-refractivity contribution in [3.8, 4) is 16.3 Å². The van der Waals surface area contributed by atoms with E-state index in [1.807, 2.05) is 31.2 Å². The molecule has 0 aliphatic carbocycles. The van der Waals surface area contributed by atoms with Crippen LogP contribution in [0.5, 0.6) is 5.75 Å². The number of anilines is 1. The molecule has 0 saturated carbocycles. The number of amides is 2. The average molecular weight is 440 g/mol. The molecule has 3 aromatic rings. The topological polar surface area (TPSA) is 71.5 Å². The number of rotatable bonds is 5. The average Bonchev–Trinajstić information content (AvgIpc) is 3.44. The summed E-state index contributed by atoms with van der Waals surface area (Å²) in [6.45, 7) is 2.03. The number of thiazole rings is 1. The minimum Gasteiger partial charge on any atom is -0.497 e. The van der Waals surface area contributed by atoms with E-state index in [1.165, 1.54) is 16.9 Å². The van der Waals surface area contributed by atoms with E-state index in [-0.39, 0.29) is 11.8 Å². The van der Waals surface area contributed by atoms with Gasteiger partial charge in [0.2, 0.25) is 5.91 Å². The molecule has 4 rings (SSSR count). The highest BCUT2D eigenvalue weighted by Crippen LogP contribution is 2.28. The molecule has 30 heavy (non-hydrogen) atoms. The first kappa shape index (κ1) is 20.4. The van der Waals surface area contributed by atoms with Crippen LogP contribution < -0.4 is 10.1 Å². The van der Waals surface area contributed by atoms with Crippen molar-refractivity contribution in [1.29, 1.82) is 0 Å². The Bertz CT molecular complexity index is 1050. The molecule has 2 heterocycles. The maximum absolute atomic E-state index is 13.1. The Hall–Kier alpha value is -2.84. The molecule has 0 spiro atoms. The van der Waals surface area contributed by atoms with Gasteiger partial charge in [-0.3, -0.25) is 9.59 Å². The summed E-state index contributed by atoms with van der Waals surface area (Å²) in [7, 11) is 1.59. The summed E-state index contributed by atoms with van der Waals surface area (Å²) in [4.78, 5) is 32.0. The Morgan fingerprint density at radius 3 is 2.57 bits per heavy atom. The number of carbonyl (C=O) groups is 2. The molecule has 2 amide bonds. The van der Waals surface area contributed by atoms with Gasteiger partial charge in [-0.2, -0.15) is 0 Å². The molecule has 1 aliphatic rings. The highest BCUT2D eigenvalue weighted by molar-refractivity contribution is 7.99. The maximum atomic E-state index is 13.1. The van der Waals surface area contributed by atoms with Crippen LogP contribution in [0.4, 0.5) is 5.69 Å². The summed E-state index contributed by atoms with van der Waals surface area (Å²) in [6.07, 6.45) is 0. The first-order valence-electron chi connectivity index (χ1n) is 9.41. The fourth-order valence-corrected chi connectivity index (χ4v) is 5.06. The molecule has 1 aliphatic heterocycles. The Balaban J connectivity index is 1.46. The third-order valence-electron chi connectivity index (χ3n) is 4.83. The highest BCUT2D eigenvalue weighted by atomic mass is 32.2. The normalized spacial score (nSPS) is 15.8. The minimum atomic E-state index is -0.533. The van der Waals surface area contributed by atoms with Gasteiger partial charge in [0, 0.05) is 22.4 Å². The zero-order chi connectivity index (χ0) is 21.1. The predicted molar refractivity (Wildman–Crippen MR) is 121 cm³/mol. The number of ether oxygens (including phenoxy) is 1. The van der Waals surface area contributed by atoms with Crippen molar-refractivity contribution in [3.05, 3.63) is 65.2 Å². The summed E-state index contributed by atoms with van der Waals surface area (Å²) < 4.78 is 5.14. The predicted octanol–water partition coefficient (Wildman–Crippen LogP) is 4.28. The van der Waals surface area contributed by atoms with E-state index in [0.29, 0.717) is 28.8 Å². The second-order valence-electron chi connectivity index (χ2n) is 6.91. The number of hydrogen-bond donors (Lipinski definition) is 1. The molecule has 1 aromatic heterocycles. The van der Waals surface area contributed by atoms with Crippen LogP contribution in [-0.4, -0.2) is 46.5 Å². The zero-order valence-electron chi connectivity index (χ0n) is 16.6. The minimum absolute atomic E-state index is 0.201. The maximum Gasteiger partial charge on any atom is 0.274 e. The fourth-order valence-electron chi connectivity index (χ4n) is 3.11. The second kappa shape index (κ2) is 8.89. The molecule has 1 N–H and O–H groups in total. The number of thioether (sulfide) groups is 1. The van der Waals surface area contributed by atoms with Crippen LogP contribution in [0.25, 0.3) is 10.6 Å². The van der Waals surface area contributed by atoms with Gasteiger partial charge in [0.25, 0.3) is 5.91 Å². The number of carbonyl (C=O) groups excluding carboxylic acids is 2. The van der Waals surface area contributed by atoms with E-state index in [4.69, 9.17) is 4.74 Å². The van der Waals surface area contributed by atoms with Crippen LogP contribution in [0.15, 0.2) is 53.9 Å². The largest absolute Gasteiger partial charge is 0.497 e. The molecule has 0 bridgehead atoms. The molecule has 1 unspecified atom stereocenters. The van der Waals surface area contributed by atoms with E-state index in [2.05, 4.69) is 10.3 Å². The lowest BCUT2D eigenvalue weighted by Gasteiger charge is -2.22. The molecule has 1 fully saturated rings. The molecular formula is C22H21N3O3S2. The van der Waals surface area contributed by atoms with E-state index < -0.39 is 6.04 Å². The highest BCUT2D eigenvalue weighted by Gasteiger charge is 2.36. The first-order valence-corrected chi connectivity index (χ1v) is 11.4. The lowest BCUT2D eigenvalue weighted by atomic mass is 10.2. The standard InChI is InChI=1S/C22H21N3O3S2/c1-14-3-5-15(6-4-14)21-24-18(11-30-21)22(27)25-13-29-12-19(25)20(26)23-16-7-9-17(28-2)10-8-16/h3-11,19H,12-13H2,1-2H3,(H,23,26). The summed E-state index contributed by atoms with van der Waals surface area (Å²) in [6, 6.07) is 14.6. The third-order valence-corrected chi connectivity index (χ3v) is 6.73. The second-order valence-corrected chi connectivity index (χ2v) is 8.77. The van der Waals surface area contributed by atoms with Gasteiger partial charge >= 0.3 is 0 Å². The van der Waals surface area contributed by atoms with Gasteiger partial charge in [-0.15, -0.1) is 23.1 Å². The first-order chi connectivity index (χ1) is 14.5. The van der Waals surface area contributed by atoms with Crippen LogP contribution in [-0.2, 0) is 4.79 Å². The number of benzene rings is 2. The quantitative estimate of drug-likeness (QED) is 0.642. The van der Waals surface area contributed by atoms with Gasteiger partial charge in [0.05, 0.1) is 13.0 Å². The van der Waals surface area contributed by atoms with Gasteiger partial charge in [0.15, 0.2) is 0 Å².